The topological polar surface area (TPSA) is 95.1 Å². The summed E-state index contributed by atoms with van der Waals surface area (Å²) in [7, 11) is 0. The lowest BCUT2D eigenvalue weighted by Crippen LogP contribution is -2.16. The standard InChI is InChI=1S/C23H21N5O2S/c24-28-22(18-9-5-2-6-10-18)26-27-23(28)31-16-21(29)25-19-11-13-20(14-12-19)30-15-17-7-3-1-4-8-17/h1-14H,15-16,24H2,(H,25,29). The average Bonchev–Trinajstić information content (AvgIpc) is 3.19. The van der Waals surface area contributed by atoms with Gasteiger partial charge in [-0.25, -0.2) is 4.68 Å². The van der Waals surface area contributed by atoms with Crippen molar-refractivity contribution in [3.05, 3.63) is 90.5 Å². The van der Waals surface area contributed by atoms with Crippen LogP contribution in [0.5, 0.6) is 5.75 Å². The Bertz CT molecular complexity index is 1130. The van der Waals surface area contributed by atoms with Crippen LogP contribution in [0.4, 0.5) is 5.69 Å². The number of carbonyl (C=O) groups excluding carboxylic acids is 1. The number of aromatic nitrogens is 3. The third-order valence-corrected chi connectivity index (χ3v) is 5.36. The van der Waals surface area contributed by atoms with Crippen molar-refractivity contribution in [1.29, 1.82) is 0 Å². The molecule has 0 fully saturated rings. The van der Waals surface area contributed by atoms with Crippen molar-refractivity contribution >= 4 is 23.4 Å². The number of amides is 1. The molecule has 1 amide bonds. The highest BCUT2D eigenvalue weighted by Crippen LogP contribution is 2.22. The summed E-state index contributed by atoms with van der Waals surface area (Å²) >= 11 is 1.23. The third-order valence-electron chi connectivity index (χ3n) is 4.42. The minimum atomic E-state index is -0.160. The Morgan fingerprint density at radius 1 is 0.935 bits per heavy atom. The molecule has 0 unspecified atom stereocenters. The Hall–Kier alpha value is -3.78. The van der Waals surface area contributed by atoms with E-state index >= 15 is 0 Å². The smallest absolute Gasteiger partial charge is 0.234 e. The minimum absolute atomic E-state index is 0.160. The molecule has 0 spiro atoms. The van der Waals surface area contributed by atoms with Crippen LogP contribution < -0.4 is 15.9 Å². The summed E-state index contributed by atoms with van der Waals surface area (Å²) in [6, 6.07) is 26.8. The number of benzene rings is 3. The number of nitrogens with one attached hydrogen (secondary N) is 1. The predicted molar refractivity (Wildman–Crippen MR) is 122 cm³/mol. The molecular formula is C23H21N5O2S. The number of carbonyl (C=O) groups is 1. The highest BCUT2D eigenvalue weighted by Gasteiger charge is 2.13. The molecule has 0 radical (unpaired) electrons. The van der Waals surface area contributed by atoms with Gasteiger partial charge in [0, 0.05) is 11.3 Å². The molecular weight excluding hydrogens is 410 g/mol. The fourth-order valence-electron chi connectivity index (χ4n) is 2.86. The zero-order valence-electron chi connectivity index (χ0n) is 16.6. The fourth-order valence-corrected chi connectivity index (χ4v) is 3.52. The van der Waals surface area contributed by atoms with Crippen molar-refractivity contribution in [3.8, 4) is 17.1 Å². The number of hydrogen-bond acceptors (Lipinski definition) is 6. The van der Waals surface area contributed by atoms with Crippen LogP contribution in [-0.4, -0.2) is 26.5 Å². The van der Waals surface area contributed by atoms with E-state index in [2.05, 4.69) is 15.5 Å². The van der Waals surface area contributed by atoms with Crippen LogP contribution in [0.15, 0.2) is 90.1 Å². The Balaban J connectivity index is 1.28. The molecule has 4 rings (SSSR count). The number of hydrogen-bond donors (Lipinski definition) is 2. The Kier molecular flexibility index (Phi) is 6.49. The lowest BCUT2D eigenvalue weighted by Gasteiger charge is -2.08. The van der Waals surface area contributed by atoms with Gasteiger partial charge in [0.05, 0.1) is 5.75 Å². The van der Waals surface area contributed by atoms with Crippen molar-refractivity contribution in [2.24, 2.45) is 0 Å². The molecule has 8 heteroatoms. The molecule has 31 heavy (non-hydrogen) atoms. The minimum Gasteiger partial charge on any atom is -0.489 e. The molecule has 3 N–H and O–H groups in total. The van der Waals surface area contributed by atoms with Gasteiger partial charge in [-0.2, -0.15) is 0 Å². The van der Waals surface area contributed by atoms with Crippen molar-refractivity contribution in [1.82, 2.24) is 14.9 Å². The molecule has 0 aliphatic carbocycles. The second-order valence-corrected chi connectivity index (χ2v) is 7.62. The van der Waals surface area contributed by atoms with Gasteiger partial charge in [-0.15, -0.1) is 10.2 Å². The average molecular weight is 432 g/mol. The number of nitrogens with zero attached hydrogens (tertiary/aromatic N) is 3. The molecule has 3 aromatic carbocycles. The van der Waals surface area contributed by atoms with Gasteiger partial charge in [0.25, 0.3) is 0 Å². The molecule has 0 saturated carbocycles. The molecule has 0 aliphatic rings. The van der Waals surface area contributed by atoms with E-state index in [1.165, 1.54) is 16.4 Å². The van der Waals surface area contributed by atoms with Crippen LogP contribution in [0.3, 0.4) is 0 Å². The van der Waals surface area contributed by atoms with E-state index in [1.807, 2.05) is 84.9 Å². The van der Waals surface area contributed by atoms with Gasteiger partial charge >= 0.3 is 0 Å². The molecule has 156 valence electrons. The Morgan fingerprint density at radius 3 is 2.32 bits per heavy atom. The van der Waals surface area contributed by atoms with Crippen LogP contribution in [-0.2, 0) is 11.4 Å². The number of thioether (sulfide) groups is 1. The summed E-state index contributed by atoms with van der Waals surface area (Å²) in [5.41, 5.74) is 2.65. The van der Waals surface area contributed by atoms with E-state index in [-0.39, 0.29) is 11.7 Å². The molecule has 0 atom stereocenters. The number of anilines is 1. The SMILES string of the molecule is Nn1c(SCC(=O)Nc2ccc(OCc3ccccc3)cc2)nnc1-c1ccccc1. The second kappa shape index (κ2) is 9.82. The second-order valence-electron chi connectivity index (χ2n) is 6.68. The Labute approximate surface area is 184 Å². The zero-order chi connectivity index (χ0) is 21.5. The fraction of sp³-hybridized carbons (Fsp3) is 0.0870. The molecule has 0 aliphatic heterocycles. The third kappa shape index (κ3) is 5.43. The van der Waals surface area contributed by atoms with Crippen LogP contribution in [0.1, 0.15) is 5.56 Å². The molecule has 1 aromatic heterocycles. The van der Waals surface area contributed by atoms with E-state index in [4.69, 9.17) is 10.6 Å². The summed E-state index contributed by atoms with van der Waals surface area (Å²) in [4.78, 5) is 12.3. The van der Waals surface area contributed by atoms with Crippen LogP contribution in [0.25, 0.3) is 11.4 Å². The number of rotatable bonds is 8. The van der Waals surface area contributed by atoms with Crippen molar-refractivity contribution in [2.75, 3.05) is 16.9 Å². The number of nitrogen functional groups attached to an aromatic ring is 1. The zero-order valence-corrected chi connectivity index (χ0v) is 17.5. The maximum atomic E-state index is 12.3. The molecule has 4 aromatic rings. The molecule has 0 bridgehead atoms. The van der Waals surface area contributed by atoms with Gasteiger partial charge in [0.1, 0.15) is 12.4 Å². The summed E-state index contributed by atoms with van der Waals surface area (Å²) in [5.74, 6) is 7.38. The summed E-state index contributed by atoms with van der Waals surface area (Å²) < 4.78 is 7.16. The van der Waals surface area contributed by atoms with E-state index < -0.39 is 0 Å². The van der Waals surface area contributed by atoms with Gasteiger partial charge in [-0.05, 0) is 29.8 Å². The Morgan fingerprint density at radius 2 is 1.61 bits per heavy atom. The number of ether oxygens (including phenoxy) is 1. The van der Waals surface area contributed by atoms with Gasteiger partial charge < -0.3 is 15.9 Å². The maximum absolute atomic E-state index is 12.3. The summed E-state index contributed by atoms with van der Waals surface area (Å²) in [6.07, 6.45) is 0. The van der Waals surface area contributed by atoms with Gasteiger partial charge in [0.2, 0.25) is 11.1 Å². The largest absolute Gasteiger partial charge is 0.489 e. The number of nitrogens with two attached hydrogens (primary N) is 1. The van der Waals surface area contributed by atoms with Crippen molar-refractivity contribution in [2.45, 2.75) is 11.8 Å². The normalized spacial score (nSPS) is 10.6. The van der Waals surface area contributed by atoms with Crippen molar-refractivity contribution in [3.63, 3.8) is 0 Å². The van der Waals surface area contributed by atoms with Crippen molar-refractivity contribution < 1.29 is 9.53 Å². The summed E-state index contributed by atoms with van der Waals surface area (Å²) in [6.45, 7) is 0.494. The first-order valence-corrected chi connectivity index (χ1v) is 10.6. The maximum Gasteiger partial charge on any atom is 0.234 e. The van der Waals surface area contributed by atoms with Crippen LogP contribution >= 0.6 is 11.8 Å². The van der Waals surface area contributed by atoms with Crippen LogP contribution in [0, 0.1) is 0 Å². The summed E-state index contributed by atoms with van der Waals surface area (Å²) in [5, 5.41) is 11.5. The van der Waals surface area contributed by atoms with Gasteiger partial charge in [-0.3, -0.25) is 4.79 Å². The first-order valence-electron chi connectivity index (χ1n) is 9.64. The van der Waals surface area contributed by atoms with E-state index in [1.54, 1.807) is 0 Å². The van der Waals surface area contributed by atoms with Crippen LogP contribution in [0.2, 0.25) is 0 Å². The lowest BCUT2D eigenvalue weighted by molar-refractivity contribution is -0.113. The quantitative estimate of drug-likeness (QED) is 0.324. The molecule has 0 saturated heterocycles. The predicted octanol–water partition coefficient (Wildman–Crippen LogP) is 3.97. The first-order chi connectivity index (χ1) is 15.2. The van der Waals surface area contributed by atoms with Gasteiger partial charge in [-0.1, -0.05) is 72.4 Å². The van der Waals surface area contributed by atoms with E-state index in [9.17, 15) is 4.79 Å². The van der Waals surface area contributed by atoms with E-state index in [0.29, 0.717) is 23.3 Å². The highest BCUT2D eigenvalue weighted by atomic mass is 32.2. The lowest BCUT2D eigenvalue weighted by atomic mass is 10.2. The van der Waals surface area contributed by atoms with E-state index in [0.717, 1.165) is 16.9 Å². The monoisotopic (exact) mass is 431 g/mol. The van der Waals surface area contributed by atoms with Gasteiger partial charge in [0.15, 0.2) is 5.82 Å². The first kappa shape index (κ1) is 20.5. The highest BCUT2D eigenvalue weighted by molar-refractivity contribution is 7.99. The molecule has 1 heterocycles. The molecule has 7 nitrogen and oxygen atoms in total.